The van der Waals surface area contributed by atoms with Crippen molar-refractivity contribution >= 4 is 17.8 Å². The normalized spacial score (nSPS) is 11.8. The number of aliphatic carboxylic acids is 1. The van der Waals surface area contributed by atoms with Crippen molar-refractivity contribution in [3.63, 3.8) is 0 Å². The molecule has 1 aromatic heterocycles. The number of rotatable bonds is 5. The summed E-state index contributed by atoms with van der Waals surface area (Å²) < 4.78 is 0.987. The van der Waals surface area contributed by atoms with E-state index < -0.39 is 35.8 Å². The highest BCUT2D eigenvalue weighted by Gasteiger charge is 2.25. The van der Waals surface area contributed by atoms with Crippen molar-refractivity contribution in [2.45, 2.75) is 26.3 Å². The van der Waals surface area contributed by atoms with E-state index in [1.807, 2.05) is 0 Å². The Morgan fingerprint density at radius 1 is 1.38 bits per heavy atom. The fourth-order valence-electron chi connectivity index (χ4n) is 1.75. The predicted molar refractivity (Wildman–Crippen MR) is 71.7 cm³/mol. The van der Waals surface area contributed by atoms with Gasteiger partial charge in [-0.1, -0.05) is 0 Å². The minimum atomic E-state index is -1.49. The van der Waals surface area contributed by atoms with Crippen LogP contribution in [0.5, 0.6) is 0 Å². The number of hydrogen-bond donors (Lipinski definition) is 3. The van der Waals surface area contributed by atoms with Crippen molar-refractivity contribution in [3.8, 4) is 0 Å². The molecule has 4 N–H and O–H groups in total. The molecule has 0 unspecified atom stereocenters. The summed E-state index contributed by atoms with van der Waals surface area (Å²) in [6, 6.07) is -1.49. The summed E-state index contributed by atoms with van der Waals surface area (Å²) in [6.07, 6.45) is -0.565. The van der Waals surface area contributed by atoms with E-state index in [2.05, 4.69) is 10.4 Å². The van der Waals surface area contributed by atoms with Crippen LogP contribution in [0.2, 0.25) is 0 Å². The first kappa shape index (κ1) is 16.3. The first-order valence-electron chi connectivity index (χ1n) is 6.01. The first-order chi connectivity index (χ1) is 9.65. The third-order valence-corrected chi connectivity index (χ3v) is 2.96. The zero-order valence-corrected chi connectivity index (χ0v) is 11.8. The summed E-state index contributed by atoms with van der Waals surface area (Å²) >= 11 is 0. The molecule has 0 aliphatic carbocycles. The summed E-state index contributed by atoms with van der Waals surface area (Å²) in [6.45, 7) is 3.14. The number of amides is 2. The molecule has 1 heterocycles. The molecule has 21 heavy (non-hydrogen) atoms. The number of carboxylic acids is 1. The zero-order valence-electron chi connectivity index (χ0n) is 11.8. The third-order valence-electron chi connectivity index (χ3n) is 2.96. The number of nitrogens with two attached hydrogens (primary N) is 1. The molecule has 9 nitrogen and oxygen atoms in total. The van der Waals surface area contributed by atoms with Gasteiger partial charge in [0.15, 0.2) is 0 Å². The van der Waals surface area contributed by atoms with Gasteiger partial charge in [0.25, 0.3) is 11.5 Å². The van der Waals surface area contributed by atoms with Crippen molar-refractivity contribution in [3.05, 3.63) is 27.2 Å². The van der Waals surface area contributed by atoms with Gasteiger partial charge in [0.1, 0.15) is 11.6 Å². The number of aromatic nitrogens is 2. The Bertz CT molecular complexity index is 664. The molecule has 0 aromatic carbocycles. The zero-order chi connectivity index (χ0) is 16.3. The highest BCUT2D eigenvalue weighted by atomic mass is 16.4. The summed E-state index contributed by atoms with van der Waals surface area (Å²) in [5.74, 6) is -3.17. The van der Waals surface area contributed by atoms with Gasteiger partial charge in [-0.15, -0.1) is 0 Å². The monoisotopic (exact) mass is 296 g/mol. The molecular formula is C12H16N4O5. The molecule has 0 aliphatic heterocycles. The Balaban J connectivity index is 3.17. The Kier molecular flexibility index (Phi) is 4.79. The van der Waals surface area contributed by atoms with Crippen molar-refractivity contribution in [2.24, 2.45) is 12.8 Å². The third kappa shape index (κ3) is 3.65. The molecule has 0 saturated carbocycles. The minimum Gasteiger partial charge on any atom is -0.480 e. The van der Waals surface area contributed by atoms with Crippen molar-refractivity contribution in [1.29, 1.82) is 0 Å². The van der Waals surface area contributed by atoms with Crippen LogP contribution < -0.4 is 16.6 Å². The second-order valence-electron chi connectivity index (χ2n) is 4.55. The highest BCUT2D eigenvalue weighted by molar-refractivity contribution is 5.98. The van der Waals surface area contributed by atoms with E-state index >= 15 is 0 Å². The van der Waals surface area contributed by atoms with Gasteiger partial charge in [-0.3, -0.25) is 14.4 Å². The number of carbonyl (C=O) groups excluding carboxylic acids is 2. The van der Waals surface area contributed by atoms with E-state index in [9.17, 15) is 19.2 Å². The lowest BCUT2D eigenvalue weighted by molar-refractivity contribution is -0.140. The van der Waals surface area contributed by atoms with Crippen LogP contribution in [0.4, 0.5) is 0 Å². The second-order valence-corrected chi connectivity index (χ2v) is 4.55. The molecule has 1 aromatic rings. The number of carbonyl (C=O) groups is 3. The van der Waals surface area contributed by atoms with Crippen molar-refractivity contribution in [2.75, 3.05) is 0 Å². The van der Waals surface area contributed by atoms with Crippen LogP contribution in [-0.2, 0) is 16.6 Å². The summed E-state index contributed by atoms with van der Waals surface area (Å²) in [5, 5.41) is 15.0. The lowest BCUT2D eigenvalue weighted by Crippen LogP contribution is -2.45. The molecule has 0 aliphatic rings. The van der Waals surface area contributed by atoms with E-state index in [-0.39, 0.29) is 5.56 Å². The molecule has 0 spiro atoms. The van der Waals surface area contributed by atoms with E-state index in [1.165, 1.54) is 14.0 Å². The molecule has 1 rings (SSSR count). The SMILES string of the molecule is Cc1nn(C)c(=O)c(C(=O)N[C@@H](CC(N)=O)C(=O)O)c1C. The molecule has 2 amide bonds. The van der Waals surface area contributed by atoms with Crippen molar-refractivity contribution in [1.82, 2.24) is 15.1 Å². The quantitative estimate of drug-likeness (QED) is 0.600. The Morgan fingerprint density at radius 2 is 1.95 bits per heavy atom. The van der Waals surface area contributed by atoms with Gasteiger partial charge >= 0.3 is 5.97 Å². The maximum absolute atomic E-state index is 12.1. The van der Waals surface area contributed by atoms with Crippen LogP contribution in [0.3, 0.4) is 0 Å². The van der Waals surface area contributed by atoms with E-state index in [0.717, 1.165) is 4.68 Å². The lowest BCUT2D eigenvalue weighted by atomic mass is 10.1. The molecule has 0 fully saturated rings. The van der Waals surface area contributed by atoms with E-state index in [4.69, 9.17) is 10.8 Å². The number of hydrogen-bond acceptors (Lipinski definition) is 5. The standard InChI is InChI=1S/C12H16N4O5/c1-5-6(2)15-16(3)11(19)9(5)10(18)14-7(12(20)21)4-8(13)17/h7H,4H2,1-3H3,(H2,13,17)(H,14,18)(H,20,21)/t7-/m0/s1. The maximum Gasteiger partial charge on any atom is 0.326 e. The van der Waals surface area contributed by atoms with Crippen molar-refractivity contribution < 1.29 is 19.5 Å². The number of primary amides is 1. The predicted octanol–water partition coefficient (Wildman–Crippen LogP) is -1.54. The van der Waals surface area contributed by atoms with Gasteiger partial charge in [0, 0.05) is 7.05 Å². The summed E-state index contributed by atoms with van der Waals surface area (Å²) in [7, 11) is 1.38. The van der Waals surface area contributed by atoms with E-state index in [1.54, 1.807) is 6.92 Å². The average Bonchev–Trinajstić information content (AvgIpc) is 2.35. The Morgan fingerprint density at radius 3 is 2.43 bits per heavy atom. The molecule has 9 heteroatoms. The van der Waals surface area contributed by atoms with Gasteiger partial charge in [0.05, 0.1) is 12.1 Å². The minimum absolute atomic E-state index is 0.208. The summed E-state index contributed by atoms with van der Waals surface area (Å²) in [5.41, 5.74) is 4.87. The van der Waals surface area contributed by atoms with Gasteiger partial charge in [0.2, 0.25) is 5.91 Å². The molecular weight excluding hydrogens is 280 g/mol. The highest BCUT2D eigenvalue weighted by Crippen LogP contribution is 2.06. The van der Waals surface area contributed by atoms with Gasteiger partial charge in [-0.05, 0) is 19.4 Å². The molecule has 1 atom stereocenters. The lowest BCUT2D eigenvalue weighted by Gasteiger charge is -2.14. The van der Waals surface area contributed by atoms with Crippen LogP contribution in [0, 0.1) is 13.8 Å². The topological polar surface area (TPSA) is 144 Å². The number of nitrogens with zero attached hydrogens (tertiary/aromatic N) is 2. The second kappa shape index (κ2) is 6.16. The molecule has 0 radical (unpaired) electrons. The maximum atomic E-state index is 12.1. The van der Waals surface area contributed by atoms with Crippen LogP contribution in [-0.4, -0.2) is 38.7 Å². The summed E-state index contributed by atoms with van der Waals surface area (Å²) in [4.78, 5) is 45.9. The fraction of sp³-hybridized carbons (Fsp3) is 0.417. The fourth-order valence-corrected chi connectivity index (χ4v) is 1.75. The Hall–Kier alpha value is -2.71. The molecule has 0 saturated heterocycles. The van der Waals surface area contributed by atoms with Gasteiger partial charge < -0.3 is 16.2 Å². The van der Waals surface area contributed by atoms with Crippen LogP contribution in [0.15, 0.2) is 4.79 Å². The largest absolute Gasteiger partial charge is 0.480 e. The molecule has 114 valence electrons. The number of aryl methyl sites for hydroxylation is 2. The average molecular weight is 296 g/mol. The molecule has 0 bridgehead atoms. The first-order valence-corrected chi connectivity index (χ1v) is 6.01. The van der Waals surface area contributed by atoms with Crippen LogP contribution >= 0.6 is 0 Å². The number of nitrogens with one attached hydrogen (secondary N) is 1. The van der Waals surface area contributed by atoms with Gasteiger partial charge in [-0.25, -0.2) is 9.48 Å². The van der Waals surface area contributed by atoms with Crippen LogP contribution in [0.1, 0.15) is 28.0 Å². The van der Waals surface area contributed by atoms with E-state index in [0.29, 0.717) is 11.3 Å². The smallest absolute Gasteiger partial charge is 0.326 e. The number of carboxylic acid groups (broad SMARTS) is 1. The van der Waals surface area contributed by atoms with Crippen LogP contribution in [0.25, 0.3) is 0 Å². The Labute approximate surface area is 119 Å². The van der Waals surface area contributed by atoms with Gasteiger partial charge in [-0.2, -0.15) is 5.10 Å².